The quantitative estimate of drug-likeness (QED) is 0.777. The third kappa shape index (κ3) is 3.61. The van der Waals surface area contributed by atoms with Crippen LogP contribution in [0.1, 0.15) is 15.9 Å². The fourth-order valence-electron chi connectivity index (χ4n) is 2.16. The highest BCUT2D eigenvalue weighted by molar-refractivity contribution is 6.04. The highest BCUT2D eigenvalue weighted by Gasteiger charge is 2.07. The molecule has 0 aliphatic carbocycles. The average molecular weight is 306 g/mol. The minimum absolute atomic E-state index is 0.216. The van der Waals surface area contributed by atoms with Crippen molar-refractivity contribution in [1.82, 2.24) is 4.98 Å². The monoisotopic (exact) mass is 306 g/mol. The van der Waals surface area contributed by atoms with Gasteiger partial charge in [-0.05, 0) is 55.5 Å². The van der Waals surface area contributed by atoms with Gasteiger partial charge in [-0.25, -0.2) is 4.39 Å². The van der Waals surface area contributed by atoms with E-state index in [2.05, 4.69) is 10.3 Å². The maximum absolute atomic E-state index is 12.9. The molecule has 0 radical (unpaired) electrons. The number of nitrogens with zero attached hydrogens (tertiary/aromatic N) is 1. The van der Waals surface area contributed by atoms with E-state index in [1.54, 1.807) is 24.3 Å². The molecule has 0 atom stereocenters. The Morgan fingerprint density at radius 1 is 0.957 bits per heavy atom. The smallest absolute Gasteiger partial charge is 0.257 e. The lowest BCUT2D eigenvalue weighted by atomic mass is 10.1. The minimum atomic E-state index is -0.289. The highest BCUT2D eigenvalue weighted by atomic mass is 19.1. The standard InChI is InChI=1S/C19H15FN2O/c1-13-2-9-17(10-3-13)22-19(23)15-6-11-18(21-12-15)14-4-7-16(20)8-5-14/h2-12H,1H3,(H,22,23). The van der Waals surface area contributed by atoms with Gasteiger partial charge in [0.2, 0.25) is 0 Å². The molecule has 0 fully saturated rings. The number of carbonyl (C=O) groups is 1. The Morgan fingerprint density at radius 2 is 1.65 bits per heavy atom. The number of hydrogen-bond donors (Lipinski definition) is 1. The molecule has 3 rings (SSSR count). The van der Waals surface area contributed by atoms with E-state index in [4.69, 9.17) is 0 Å². The summed E-state index contributed by atoms with van der Waals surface area (Å²) in [4.78, 5) is 16.5. The van der Waals surface area contributed by atoms with E-state index in [-0.39, 0.29) is 11.7 Å². The molecular weight excluding hydrogens is 291 g/mol. The first-order chi connectivity index (χ1) is 11.1. The van der Waals surface area contributed by atoms with Gasteiger partial charge in [0, 0.05) is 17.4 Å². The number of pyridine rings is 1. The van der Waals surface area contributed by atoms with Crippen LogP contribution in [-0.2, 0) is 0 Å². The van der Waals surface area contributed by atoms with Crippen molar-refractivity contribution in [3.05, 3.63) is 83.8 Å². The van der Waals surface area contributed by atoms with Crippen molar-refractivity contribution in [3.63, 3.8) is 0 Å². The second-order valence-electron chi connectivity index (χ2n) is 5.26. The molecular formula is C19H15FN2O. The van der Waals surface area contributed by atoms with Crippen molar-refractivity contribution in [2.45, 2.75) is 6.92 Å². The van der Waals surface area contributed by atoms with Gasteiger partial charge in [-0.15, -0.1) is 0 Å². The van der Waals surface area contributed by atoms with E-state index < -0.39 is 0 Å². The van der Waals surface area contributed by atoms with Gasteiger partial charge < -0.3 is 5.32 Å². The number of carbonyl (C=O) groups excluding carboxylic acids is 1. The molecule has 0 spiro atoms. The minimum Gasteiger partial charge on any atom is -0.322 e. The second-order valence-corrected chi connectivity index (χ2v) is 5.26. The maximum Gasteiger partial charge on any atom is 0.257 e. The summed E-state index contributed by atoms with van der Waals surface area (Å²) in [5.41, 5.74) is 3.83. The lowest BCUT2D eigenvalue weighted by Gasteiger charge is -2.06. The number of benzene rings is 2. The fourth-order valence-corrected chi connectivity index (χ4v) is 2.16. The van der Waals surface area contributed by atoms with Gasteiger partial charge in [-0.3, -0.25) is 9.78 Å². The van der Waals surface area contributed by atoms with Gasteiger partial charge in [-0.2, -0.15) is 0 Å². The fraction of sp³-hybridized carbons (Fsp3) is 0.0526. The number of anilines is 1. The summed E-state index contributed by atoms with van der Waals surface area (Å²) in [6.45, 7) is 1.99. The van der Waals surface area contributed by atoms with Crippen LogP contribution in [0.4, 0.5) is 10.1 Å². The lowest BCUT2D eigenvalue weighted by molar-refractivity contribution is 0.102. The zero-order valence-electron chi connectivity index (χ0n) is 12.6. The van der Waals surface area contributed by atoms with Gasteiger partial charge in [-0.1, -0.05) is 17.7 Å². The third-order valence-electron chi connectivity index (χ3n) is 3.48. The van der Waals surface area contributed by atoms with Gasteiger partial charge in [0.25, 0.3) is 5.91 Å². The van der Waals surface area contributed by atoms with Crippen molar-refractivity contribution in [2.24, 2.45) is 0 Å². The predicted octanol–water partition coefficient (Wildman–Crippen LogP) is 4.45. The number of hydrogen-bond acceptors (Lipinski definition) is 2. The van der Waals surface area contributed by atoms with Crippen molar-refractivity contribution in [1.29, 1.82) is 0 Å². The van der Waals surface area contributed by atoms with Crippen LogP contribution in [0, 0.1) is 12.7 Å². The first-order valence-electron chi connectivity index (χ1n) is 7.22. The SMILES string of the molecule is Cc1ccc(NC(=O)c2ccc(-c3ccc(F)cc3)nc2)cc1. The number of nitrogens with one attached hydrogen (secondary N) is 1. The van der Waals surface area contributed by atoms with Gasteiger partial charge in [0.1, 0.15) is 5.82 Å². The summed E-state index contributed by atoms with van der Waals surface area (Å²) < 4.78 is 12.9. The summed E-state index contributed by atoms with van der Waals surface area (Å²) in [5.74, 6) is -0.505. The van der Waals surface area contributed by atoms with Gasteiger partial charge >= 0.3 is 0 Å². The Bertz CT molecular complexity index is 809. The molecule has 0 bridgehead atoms. The number of halogens is 1. The maximum atomic E-state index is 12.9. The molecule has 1 aromatic heterocycles. The average Bonchev–Trinajstić information content (AvgIpc) is 2.58. The van der Waals surface area contributed by atoms with E-state index in [0.29, 0.717) is 11.3 Å². The second kappa shape index (κ2) is 6.40. The number of aromatic nitrogens is 1. The third-order valence-corrected chi connectivity index (χ3v) is 3.48. The molecule has 2 aromatic carbocycles. The largest absolute Gasteiger partial charge is 0.322 e. The van der Waals surface area contributed by atoms with E-state index in [0.717, 1.165) is 16.8 Å². The molecule has 3 aromatic rings. The first-order valence-corrected chi connectivity index (χ1v) is 7.22. The Morgan fingerprint density at radius 3 is 2.26 bits per heavy atom. The Labute approximate surface area is 133 Å². The van der Waals surface area contributed by atoms with Gasteiger partial charge in [0.15, 0.2) is 0 Å². The normalized spacial score (nSPS) is 10.3. The Hall–Kier alpha value is -3.01. The van der Waals surface area contributed by atoms with Crippen LogP contribution in [0.3, 0.4) is 0 Å². The molecule has 4 heteroatoms. The molecule has 0 saturated carbocycles. The number of amides is 1. The molecule has 1 heterocycles. The van der Waals surface area contributed by atoms with E-state index in [1.165, 1.54) is 18.3 Å². The summed E-state index contributed by atoms with van der Waals surface area (Å²) in [7, 11) is 0. The molecule has 0 aliphatic rings. The summed E-state index contributed by atoms with van der Waals surface area (Å²) in [6, 6.07) is 17.1. The van der Waals surface area contributed by atoms with Gasteiger partial charge in [0.05, 0.1) is 11.3 Å². The van der Waals surface area contributed by atoms with Crippen LogP contribution >= 0.6 is 0 Å². The Kier molecular flexibility index (Phi) is 4.15. The van der Waals surface area contributed by atoms with Crippen LogP contribution < -0.4 is 5.32 Å². The van der Waals surface area contributed by atoms with Crippen LogP contribution in [0.2, 0.25) is 0 Å². The zero-order valence-corrected chi connectivity index (χ0v) is 12.6. The highest BCUT2D eigenvalue weighted by Crippen LogP contribution is 2.18. The van der Waals surface area contributed by atoms with Crippen LogP contribution in [-0.4, -0.2) is 10.9 Å². The van der Waals surface area contributed by atoms with E-state index >= 15 is 0 Å². The molecule has 114 valence electrons. The van der Waals surface area contributed by atoms with E-state index in [9.17, 15) is 9.18 Å². The van der Waals surface area contributed by atoms with E-state index in [1.807, 2.05) is 31.2 Å². The lowest BCUT2D eigenvalue weighted by Crippen LogP contribution is -2.12. The van der Waals surface area contributed by atoms with Crippen LogP contribution in [0.25, 0.3) is 11.3 Å². The zero-order chi connectivity index (χ0) is 16.2. The molecule has 0 saturated heterocycles. The summed E-state index contributed by atoms with van der Waals surface area (Å²) in [5, 5.41) is 2.82. The molecule has 1 amide bonds. The molecule has 3 nitrogen and oxygen atoms in total. The number of rotatable bonds is 3. The Balaban J connectivity index is 1.74. The summed E-state index contributed by atoms with van der Waals surface area (Å²) in [6.07, 6.45) is 1.52. The molecule has 1 N–H and O–H groups in total. The number of aryl methyl sites for hydroxylation is 1. The van der Waals surface area contributed by atoms with Crippen molar-refractivity contribution in [3.8, 4) is 11.3 Å². The first kappa shape index (κ1) is 14.9. The topological polar surface area (TPSA) is 42.0 Å². The summed E-state index contributed by atoms with van der Waals surface area (Å²) >= 11 is 0. The van der Waals surface area contributed by atoms with Crippen molar-refractivity contribution >= 4 is 11.6 Å². The van der Waals surface area contributed by atoms with Crippen molar-refractivity contribution in [2.75, 3.05) is 5.32 Å². The van der Waals surface area contributed by atoms with Crippen molar-refractivity contribution < 1.29 is 9.18 Å². The molecule has 0 aliphatic heterocycles. The molecule has 23 heavy (non-hydrogen) atoms. The molecule has 0 unspecified atom stereocenters. The van der Waals surface area contributed by atoms with Crippen LogP contribution in [0.5, 0.6) is 0 Å². The predicted molar refractivity (Wildman–Crippen MR) is 88.8 cm³/mol. The van der Waals surface area contributed by atoms with Crippen LogP contribution in [0.15, 0.2) is 66.9 Å².